The standard InChI is InChI=1S/C16H19ClN2.ClH/c1-12(2)13-7-9-15(10-8-13)19(18)11-14-5-3-4-6-16(14)17;/h3-10,12H,11,18H2,1-2H3;1H. The van der Waals surface area contributed by atoms with Gasteiger partial charge in [0.1, 0.15) is 0 Å². The minimum Gasteiger partial charge on any atom is -0.307 e. The Hall–Kier alpha value is -1.22. The van der Waals surface area contributed by atoms with Crippen LogP contribution in [0.1, 0.15) is 30.9 Å². The molecule has 2 aromatic rings. The number of hydrogen-bond acceptors (Lipinski definition) is 2. The lowest BCUT2D eigenvalue weighted by Gasteiger charge is -2.20. The van der Waals surface area contributed by atoms with Gasteiger partial charge in [-0.15, -0.1) is 12.4 Å². The summed E-state index contributed by atoms with van der Waals surface area (Å²) in [5, 5.41) is 2.46. The molecule has 0 aromatic heterocycles. The van der Waals surface area contributed by atoms with E-state index < -0.39 is 0 Å². The van der Waals surface area contributed by atoms with Crippen molar-refractivity contribution in [3.8, 4) is 0 Å². The molecule has 0 saturated heterocycles. The monoisotopic (exact) mass is 310 g/mol. The van der Waals surface area contributed by atoms with Gasteiger partial charge < -0.3 is 5.01 Å². The molecule has 0 spiro atoms. The summed E-state index contributed by atoms with van der Waals surface area (Å²) < 4.78 is 0. The molecule has 0 fully saturated rings. The van der Waals surface area contributed by atoms with E-state index in [4.69, 9.17) is 17.4 Å². The lowest BCUT2D eigenvalue weighted by molar-refractivity contribution is 0.843. The van der Waals surface area contributed by atoms with Crippen LogP contribution in [0.5, 0.6) is 0 Å². The Labute approximate surface area is 131 Å². The summed E-state index contributed by atoms with van der Waals surface area (Å²) in [5.41, 5.74) is 3.33. The van der Waals surface area contributed by atoms with E-state index in [2.05, 4.69) is 26.0 Å². The van der Waals surface area contributed by atoms with Crippen LogP contribution in [0.3, 0.4) is 0 Å². The molecule has 4 heteroatoms. The lowest BCUT2D eigenvalue weighted by atomic mass is 10.0. The number of nitrogens with zero attached hydrogens (tertiary/aromatic N) is 1. The van der Waals surface area contributed by atoms with Gasteiger partial charge in [0, 0.05) is 5.02 Å². The fourth-order valence-corrected chi connectivity index (χ4v) is 2.15. The SMILES string of the molecule is CC(C)c1ccc(N(N)Cc2ccccc2Cl)cc1.Cl. The van der Waals surface area contributed by atoms with Crippen molar-refractivity contribution >= 4 is 29.7 Å². The zero-order valence-electron chi connectivity index (χ0n) is 11.7. The van der Waals surface area contributed by atoms with E-state index in [1.54, 1.807) is 5.01 Å². The number of hydrazine groups is 1. The summed E-state index contributed by atoms with van der Waals surface area (Å²) in [4.78, 5) is 0. The number of anilines is 1. The topological polar surface area (TPSA) is 29.3 Å². The first kappa shape index (κ1) is 16.8. The molecule has 0 amide bonds. The van der Waals surface area contributed by atoms with Crippen LogP contribution in [-0.2, 0) is 6.54 Å². The third-order valence-corrected chi connectivity index (χ3v) is 3.56. The maximum absolute atomic E-state index is 6.14. The molecule has 0 radical (unpaired) electrons. The van der Waals surface area contributed by atoms with Crippen molar-refractivity contribution in [1.82, 2.24) is 0 Å². The molecule has 2 aromatic carbocycles. The molecular formula is C16H20Cl2N2. The second kappa shape index (κ2) is 7.53. The van der Waals surface area contributed by atoms with Crippen LogP contribution in [0, 0.1) is 0 Å². The molecule has 20 heavy (non-hydrogen) atoms. The number of benzene rings is 2. The van der Waals surface area contributed by atoms with Crippen molar-refractivity contribution in [2.45, 2.75) is 26.3 Å². The first-order valence-electron chi connectivity index (χ1n) is 6.43. The predicted octanol–water partition coefficient (Wildman–Crippen LogP) is 4.77. The highest BCUT2D eigenvalue weighted by atomic mass is 35.5. The third-order valence-electron chi connectivity index (χ3n) is 3.19. The van der Waals surface area contributed by atoms with Gasteiger partial charge in [-0.05, 0) is 35.2 Å². The van der Waals surface area contributed by atoms with Gasteiger partial charge in [0.15, 0.2) is 0 Å². The van der Waals surface area contributed by atoms with Gasteiger partial charge in [-0.25, -0.2) is 5.84 Å². The summed E-state index contributed by atoms with van der Waals surface area (Å²) in [6, 6.07) is 16.1. The van der Waals surface area contributed by atoms with Crippen molar-refractivity contribution < 1.29 is 0 Å². The molecule has 0 aliphatic heterocycles. The Morgan fingerprint density at radius 3 is 2.20 bits per heavy atom. The molecule has 0 aliphatic rings. The molecule has 2 N–H and O–H groups in total. The van der Waals surface area contributed by atoms with E-state index in [-0.39, 0.29) is 12.4 Å². The normalized spacial score (nSPS) is 10.2. The van der Waals surface area contributed by atoms with Crippen LogP contribution in [0.4, 0.5) is 5.69 Å². The molecule has 0 bridgehead atoms. The van der Waals surface area contributed by atoms with Gasteiger partial charge in [-0.3, -0.25) is 0 Å². The van der Waals surface area contributed by atoms with E-state index in [0.29, 0.717) is 12.5 Å². The van der Waals surface area contributed by atoms with E-state index >= 15 is 0 Å². The van der Waals surface area contributed by atoms with Crippen molar-refractivity contribution in [1.29, 1.82) is 0 Å². The first-order chi connectivity index (χ1) is 9.08. The van der Waals surface area contributed by atoms with E-state index in [0.717, 1.165) is 16.3 Å². The Morgan fingerprint density at radius 1 is 1.05 bits per heavy atom. The lowest BCUT2D eigenvalue weighted by Crippen LogP contribution is -2.30. The zero-order valence-corrected chi connectivity index (χ0v) is 13.3. The van der Waals surface area contributed by atoms with Crippen LogP contribution in [0.25, 0.3) is 0 Å². The summed E-state index contributed by atoms with van der Waals surface area (Å²) in [7, 11) is 0. The predicted molar refractivity (Wildman–Crippen MR) is 89.6 cm³/mol. The molecular weight excluding hydrogens is 291 g/mol. The molecule has 0 unspecified atom stereocenters. The summed E-state index contributed by atoms with van der Waals surface area (Å²) in [5.74, 6) is 6.63. The van der Waals surface area contributed by atoms with Crippen molar-refractivity contribution in [2.24, 2.45) is 5.84 Å². The number of nitrogens with two attached hydrogens (primary N) is 1. The van der Waals surface area contributed by atoms with Crippen molar-refractivity contribution in [3.63, 3.8) is 0 Å². The van der Waals surface area contributed by atoms with Gasteiger partial charge >= 0.3 is 0 Å². The summed E-state index contributed by atoms with van der Waals surface area (Å²) in [6.07, 6.45) is 0. The number of rotatable bonds is 4. The van der Waals surface area contributed by atoms with Crippen LogP contribution >= 0.6 is 24.0 Å². The largest absolute Gasteiger partial charge is 0.307 e. The molecule has 2 rings (SSSR count). The summed E-state index contributed by atoms with van der Waals surface area (Å²) >= 11 is 6.14. The fraction of sp³-hybridized carbons (Fsp3) is 0.250. The minimum atomic E-state index is 0. The van der Waals surface area contributed by atoms with Crippen molar-refractivity contribution in [2.75, 3.05) is 5.01 Å². The van der Waals surface area contributed by atoms with Crippen LogP contribution in [0.15, 0.2) is 48.5 Å². The Morgan fingerprint density at radius 2 is 1.65 bits per heavy atom. The smallest absolute Gasteiger partial charge is 0.0607 e. The second-order valence-electron chi connectivity index (χ2n) is 4.97. The molecule has 0 heterocycles. The van der Waals surface area contributed by atoms with Gasteiger partial charge in [0.05, 0.1) is 12.2 Å². The van der Waals surface area contributed by atoms with Crippen LogP contribution < -0.4 is 10.9 Å². The van der Waals surface area contributed by atoms with Gasteiger partial charge in [0.2, 0.25) is 0 Å². The molecule has 2 nitrogen and oxygen atoms in total. The Balaban J connectivity index is 0.00000200. The number of halogens is 2. The van der Waals surface area contributed by atoms with Gasteiger partial charge in [0.25, 0.3) is 0 Å². The molecule has 0 aliphatic carbocycles. The highest BCUT2D eigenvalue weighted by molar-refractivity contribution is 6.31. The minimum absolute atomic E-state index is 0. The number of hydrogen-bond donors (Lipinski definition) is 1. The van der Waals surface area contributed by atoms with Crippen LogP contribution in [-0.4, -0.2) is 0 Å². The van der Waals surface area contributed by atoms with Gasteiger partial charge in [-0.1, -0.05) is 55.8 Å². The maximum atomic E-state index is 6.14. The van der Waals surface area contributed by atoms with E-state index in [1.807, 2.05) is 36.4 Å². The average Bonchev–Trinajstić information content (AvgIpc) is 2.41. The van der Waals surface area contributed by atoms with Gasteiger partial charge in [-0.2, -0.15) is 0 Å². The second-order valence-corrected chi connectivity index (χ2v) is 5.37. The van der Waals surface area contributed by atoms with Crippen LogP contribution in [0.2, 0.25) is 5.02 Å². The third kappa shape index (κ3) is 4.14. The Kier molecular flexibility index (Phi) is 6.34. The maximum Gasteiger partial charge on any atom is 0.0607 e. The van der Waals surface area contributed by atoms with E-state index in [9.17, 15) is 0 Å². The average molecular weight is 311 g/mol. The highest BCUT2D eigenvalue weighted by Gasteiger charge is 2.06. The fourth-order valence-electron chi connectivity index (χ4n) is 1.95. The van der Waals surface area contributed by atoms with Crippen molar-refractivity contribution in [3.05, 3.63) is 64.7 Å². The summed E-state index contributed by atoms with van der Waals surface area (Å²) in [6.45, 7) is 4.96. The molecule has 0 saturated carbocycles. The quantitative estimate of drug-likeness (QED) is 0.651. The zero-order chi connectivity index (χ0) is 13.8. The molecule has 0 atom stereocenters. The molecule has 108 valence electrons. The Bertz CT molecular complexity index is 538. The highest BCUT2D eigenvalue weighted by Crippen LogP contribution is 2.22. The van der Waals surface area contributed by atoms with E-state index in [1.165, 1.54) is 5.56 Å². The first-order valence-corrected chi connectivity index (χ1v) is 6.81.